The highest BCUT2D eigenvalue weighted by Crippen LogP contribution is 2.36. The van der Waals surface area contributed by atoms with E-state index in [0.717, 1.165) is 5.56 Å². The van der Waals surface area contributed by atoms with E-state index < -0.39 is 11.8 Å². The molecule has 1 aliphatic rings. The summed E-state index contributed by atoms with van der Waals surface area (Å²) >= 11 is 0. The predicted octanol–water partition coefficient (Wildman–Crippen LogP) is 4.43. The quantitative estimate of drug-likeness (QED) is 0.552. The normalized spacial score (nSPS) is 15.4. The molecular weight excluding hydrogens is 447 g/mol. The van der Waals surface area contributed by atoms with Gasteiger partial charge in [0, 0.05) is 25.5 Å². The number of carbonyl (C=O) groups is 1. The van der Waals surface area contributed by atoms with Gasteiger partial charge in [0.05, 0.1) is 22.7 Å². The number of alkyl halides is 3. The van der Waals surface area contributed by atoms with Crippen molar-refractivity contribution in [1.29, 1.82) is 5.26 Å². The van der Waals surface area contributed by atoms with Crippen molar-refractivity contribution < 1.29 is 22.7 Å². The maximum Gasteiger partial charge on any atom is 0.573 e. The fraction of sp³-hybridized carbons (Fsp3) is 0.292. The molecule has 1 saturated heterocycles. The average Bonchev–Trinajstić information content (AvgIpc) is 2.85. The Labute approximate surface area is 193 Å². The molecule has 0 unspecified atom stereocenters. The molecule has 0 radical (unpaired) electrons. The lowest BCUT2D eigenvalue weighted by Gasteiger charge is -2.37. The van der Waals surface area contributed by atoms with Crippen LogP contribution in [0, 0.1) is 16.7 Å². The van der Waals surface area contributed by atoms with Crippen molar-refractivity contribution in [2.45, 2.75) is 25.6 Å². The van der Waals surface area contributed by atoms with Crippen LogP contribution in [0.3, 0.4) is 0 Å². The molecule has 0 bridgehead atoms. The number of ether oxygens (including phenoxy) is 1. The molecule has 2 aromatic heterocycles. The number of amides is 1. The van der Waals surface area contributed by atoms with E-state index in [0.29, 0.717) is 49.3 Å². The van der Waals surface area contributed by atoms with Crippen LogP contribution < -0.4 is 4.74 Å². The lowest BCUT2D eigenvalue weighted by molar-refractivity contribution is -0.274. The number of pyridine rings is 1. The van der Waals surface area contributed by atoms with Crippen molar-refractivity contribution in [3.63, 3.8) is 0 Å². The Morgan fingerprint density at radius 3 is 2.44 bits per heavy atom. The van der Waals surface area contributed by atoms with Gasteiger partial charge in [0.2, 0.25) is 0 Å². The molecule has 3 aromatic rings. The fourth-order valence-corrected chi connectivity index (χ4v) is 4.05. The first-order chi connectivity index (χ1) is 16.3. The number of hydrogen-bond acceptors (Lipinski definition) is 6. The molecule has 1 aliphatic heterocycles. The minimum absolute atomic E-state index is 0.193. The zero-order chi connectivity index (χ0) is 24.2. The Balaban J connectivity index is 1.44. The van der Waals surface area contributed by atoms with E-state index >= 15 is 0 Å². The zero-order valence-electron chi connectivity index (χ0n) is 18.0. The molecule has 0 aliphatic carbocycles. The predicted molar refractivity (Wildman–Crippen MR) is 115 cm³/mol. The number of benzene rings is 1. The zero-order valence-corrected chi connectivity index (χ0v) is 18.0. The number of hydrogen-bond donors (Lipinski definition) is 0. The maximum absolute atomic E-state index is 13.3. The van der Waals surface area contributed by atoms with E-state index in [1.54, 1.807) is 35.5 Å². The highest BCUT2D eigenvalue weighted by atomic mass is 19.4. The second-order valence-electron chi connectivity index (χ2n) is 8.05. The number of rotatable bonds is 5. The number of nitrogens with zero attached hydrogens (tertiary/aromatic N) is 5. The number of aromatic nitrogens is 3. The van der Waals surface area contributed by atoms with Gasteiger partial charge in [-0.25, -0.2) is 9.97 Å². The first-order valence-electron chi connectivity index (χ1n) is 10.6. The molecular formula is C24H20F3N5O2. The molecule has 1 aromatic carbocycles. The highest BCUT2D eigenvalue weighted by Gasteiger charge is 2.37. The SMILES string of the molecule is N#CC1(Cc2ccc(OC(F)(F)F)cc2)CCN(C(=O)c2cccnc2-c2ccncn2)CC1. The summed E-state index contributed by atoms with van der Waals surface area (Å²) < 4.78 is 41.0. The summed E-state index contributed by atoms with van der Waals surface area (Å²) in [5.74, 6) is -0.500. The number of likely N-dealkylation sites (tertiary alicyclic amines) is 1. The van der Waals surface area contributed by atoms with Crippen molar-refractivity contribution in [1.82, 2.24) is 19.9 Å². The third-order valence-electron chi connectivity index (χ3n) is 5.81. The molecule has 0 N–H and O–H groups in total. The van der Waals surface area contributed by atoms with Crippen LogP contribution in [-0.2, 0) is 6.42 Å². The van der Waals surface area contributed by atoms with Crippen LogP contribution >= 0.6 is 0 Å². The van der Waals surface area contributed by atoms with E-state index in [4.69, 9.17) is 0 Å². The van der Waals surface area contributed by atoms with Gasteiger partial charge >= 0.3 is 6.36 Å². The third-order valence-corrected chi connectivity index (χ3v) is 5.81. The molecule has 1 fully saturated rings. The van der Waals surface area contributed by atoms with Gasteiger partial charge in [0.1, 0.15) is 17.8 Å². The lowest BCUT2D eigenvalue weighted by atomic mass is 9.75. The fourth-order valence-electron chi connectivity index (χ4n) is 4.05. The minimum atomic E-state index is -4.75. The molecule has 0 spiro atoms. The van der Waals surface area contributed by atoms with Crippen molar-refractivity contribution in [3.8, 4) is 23.2 Å². The van der Waals surface area contributed by atoms with Gasteiger partial charge in [-0.15, -0.1) is 13.2 Å². The van der Waals surface area contributed by atoms with Crippen molar-refractivity contribution >= 4 is 5.91 Å². The number of halogens is 3. The van der Waals surface area contributed by atoms with Crippen LogP contribution in [-0.4, -0.2) is 45.2 Å². The van der Waals surface area contributed by atoms with E-state index in [-0.39, 0.29) is 11.7 Å². The van der Waals surface area contributed by atoms with Crippen molar-refractivity contribution in [3.05, 3.63) is 72.3 Å². The van der Waals surface area contributed by atoms with Crippen LogP contribution in [0.2, 0.25) is 0 Å². The first-order valence-corrected chi connectivity index (χ1v) is 10.6. The Hall–Kier alpha value is -4.00. The largest absolute Gasteiger partial charge is 0.573 e. The van der Waals surface area contributed by atoms with Gasteiger partial charge in [-0.2, -0.15) is 5.26 Å². The molecule has 3 heterocycles. The van der Waals surface area contributed by atoms with E-state index in [1.165, 1.54) is 30.6 Å². The van der Waals surface area contributed by atoms with Crippen LogP contribution in [0.25, 0.3) is 11.4 Å². The molecule has 4 rings (SSSR count). The Morgan fingerprint density at radius 2 is 1.82 bits per heavy atom. The van der Waals surface area contributed by atoms with Gasteiger partial charge < -0.3 is 9.64 Å². The number of piperidine rings is 1. The summed E-state index contributed by atoms with van der Waals surface area (Å²) in [7, 11) is 0. The molecule has 10 heteroatoms. The summed E-state index contributed by atoms with van der Waals surface area (Å²) in [6.07, 6.45) is 1.07. The third kappa shape index (κ3) is 5.31. The minimum Gasteiger partial charge on any atom is -0.406 e. The Morgan fingerprint density at radius 1 is 1.09 bits per heavy atom. The van der Waals surface area contributed by atoms with Crippen molar-refractivity contribution in [2.75, 3.05) is 13.1 Å². The Kier molecular flexibility index (Phi) is 6.45. The number of carbonyl (C=O) groups excluding carboxylic acids is 1. The maximum atomic E-state index is 13.3. The van der Waals surface area contributed by atoms with E-state index in [9.17, 15) is 23.2 Å². The molecule has 7 nitrogen and oxygen atoms in total. The van der Waals surface area contributed by atoms with E-state index in [1.807, 2.05) is 0 Å². The second-order valence-corrected chi connectivity index (χ2v) is 8.05. The standard InChI is InChI=1S/C24H20F3N5O2/c25-24(26,27)34-18-5-3-17(4-6-18)14-23(15-28)8-12-32(13-9-23)22(33)19-2-1-10-30-21(19)20-7-11-29-16-31-20/h1-7,10-11,16H,8-9,12-14H2. The average molecular weight is 467 g/mol. The van der Waals surface area contributed by atoms with Gasteiger partial charge in [-0.05, 0) is 55.2 Å². The highest BCUT2D eigenvalue weighted by molar-refractivity contribution is 5.99. The van der Waals surface area contributed by atoms with Crippen LogP contribution in [0.5, 0.6) is 5.75 Å². The summed E-state index contributed by atoms with van der Waals surface area (Å²) in [4.78, 5) is 27.4. The molecule has 1 amide bonds. The van der Waals surface area contributed by atoms with Crippen LogP contribution in [0.4, 0.5) is 13.2 Å². The summed E-state index contributed by atoms with van der Waals surface area (Å²) in [5.41, 5.74) is 1.45. The summed E-state index contributed by atoms with van der Waals surface area (Å²) in [5, 5.41) is 9.89. The van der Waals surface area contributed by atoms with Crippen LogP contribution in [0.1, 0.15) is 28.8 Å². The molecule has 174 valence electrons. The first kappa shape index (κ1) is 23.2. The Bertz CT molecular complexity index is 1190. The van der Waals surface area contributed by atoms with Gasteiger partial charge in [0.25, 0.3) is 5.91 Å². The smallest absolute Gasteiger partial charge is 0.406 e. The van der Waals surface area contributed by atoms with Gasteiger partial charge in [-0.3, -0.25) is 9.78 Å². The van der Waals surface area contributed by atoms with Gasteiger partial charge in [-0.1, -0.05) is 12.1 Å². The summed E-state index contributed by atoms with van der Waals surface area (Å²) in [6, 6.07) is 13.0. The molecule has 34 heavy (non-hydrogen) atoms. The van der Waals surface area contributed by atoms with Gasteiger partial charge in [0.15, 0.2) is 0 Å². The van der Waals surface area contributed by atoms with E-state index in [2.05, 4.69) is 25.8 Å². The topological polar surface area (TPSA) is 92.0 Å². The van der Waals surface area contributed by atoms with Crippen LogP contribution in [0.15, 0.2) is 61.2 Å². The monoisotopic (exact) mass is 467 g/mol. The lowest BCUT2D eigenvalue weighted by Crippen LogP contribution is -2.43. The van der Waals surface area contributed by atoms with Crippen molar-refractivity contribution in [2.24, 2.45) is 5.41 Å². The summed E-state index contributed by atoms with van der Waals surface area (Å²) in [6.45, 7) is 0.750. The molecule has 0 saturated carbocycles. The molecule has 0 atom stereocenters. The second kappa shape index (κ2) is 9.47. The number of nitriles is 1.